The maximum absolute atomic E-state index is 12.2. The van der Waals surface area contributed by atoms with E-state index in [0.717, 1.165) is 11.1 Å². The molecular weight excluding hydrogens is 322 g/mol. The van der Waals surface area contributed by atoms with E-state index in [1.165, 1.54) is 11.8 Å². The van der Waals surface area contributed by atoms with E-state index >= 15 is 0 Å². The van der Waals surface area contributed by atoms with Crippen LogP contribution in [-0.4, -0.2) is 5.91 Å². The number of hydrogen-bond acceptors (Lipinski definition) is 3. The second-order valence-corrected chi connectivity index (χ2v) is 5.89. The lowest BCUT2D eigenvalue weighted by atomic mass is 10.1. The normalized spacial score (nSPS) is 10.8. The van der Waals surface area contributed by atoms with Gasteiger partial charge in [0.15, 0.2) is 0 Å². The van der Waals surface area contributed by atoms with Gasteiger partial charge in [0.2, 0.25) is 0 Å². The Morgan fingerprint density at radius 1 is 1.21 bits per heavy atom. The maximum atomic E-state index is 12.2. The summed E-state index contributed by atoms with van der Waals surface area (Å²) < 4.78 is 0. The number of benzene rings is 2. The summed E-state index contributed by atoms with van der Waals surface area (Å²) in [6.45, 7) is 4.42. The van der Waals surface area contributed by atoms with Crippen molar-refractivity contribution in [1.29, 1.82) is 5.26 Å². The molecule has 1 amide bonds. The maximum Gasteiger partial charge on any atom is 0.267 e. The summed E-state index contributed by atoms with van der Waals surface area (Å²) >= 11 is 5.93. The van der Waals surface area contributed by atoms with Crippen molar-refractivity contribution in [3.05, 3.63) is 76.0 Å². The van der Waals surface area contributed by atoms with Crippen LogP contribution >= 0.6 is 11.6 Å². The fraction of sp³-hybridized carbons (Fsp3) is 0.158. The van der Waals surface area contributed by atoms with Crippen LogP contribution in [0.4, 0.5) is 5.69 Å². The highest BCUT2D eigenvalue weighted by atomic mass is 35.5. The van der Waals surface area contributed by atoms with Crippen LogP contribution in [0.25, 0.3) is 0 Å². The van der Waals surface area contributed by atoms with Crippen LogP contribution in [0, 0.1) is 25.2 Å². The van der Waals surface area contributed by atoms with Crippen molar-refractivity contribution in [3.63, 3.8) is 0 Å². The number of carbonyl (C=O) groups is 1. The van der Waals surface area contributed by atoms with Gasteiger partial charge in [-0.2, -0.15) is 5.26 Å². The molecule has 5 heteroatoms. The van der Waals surface area contributed by atoms with E-state index in [0.29, 0.717) is 17.3 Å². The quantitative estimate of drug-likeness (QED) is 0.637. The smallest absolute Gasteiger partial charge is 0.267 e. The van der Waals surface area contributed by atoms with Crippen molar-refractivity contribution in [2.45, 2.75) is 20.4 Å². The van der Waals surface area contributed by atoms with Gasteiger partial charge in [0.1, 0.15) is 11.6 Å². The Morgan fingerprint density at radius 2 is 1.92 bits per heavy atom. The second-order valence-electron chi connectivity index (χ2n) is 5.45. The molecule has 0 aliphatic heterocycles. The molecular formula is C19H18ClN3O. The molecule has 0 radical (unpaired) electrons. The molecule has 0 aromatic heterocycles. The zero-order valence-corrected chi connectivity index (χ0v) is 14.3. The van der Waals surface area contributed by atoms with Crippen LogP contribution in [-0.2, 0) is 11.3 Å². The monoisotopic (exact) mass is 339 g/mol. The first-order valence-electron chi connectivity index (χ1n) is 7.46. The number of nitrogens with zero attached hydrogens (tertiary/aromatic N) is 1. The van der Waals surface area contributed by atoms with Crippen molar-refractivity contribution < 1.29 is 4.79 Å². The zero-order chi connectivity index (χ0) is 17.5. The van der Waals surface area contributed by atoms with Crippen molar-refractivity contribution in [1.82, 2.24) is 5.32 Å². The molecule has 24 heavy (non-hydrogen) atoms. The van der Waals surface area contributed by atoms with Crippen molar-refractivity contribution in [2.75, 3.05) is 5.32 Å². The van der Waals surface area contributed by atoms with Gasteiger partial charge in [-0.3, -0.25) is 4.79 Å². The van der Waals surface area contributed by atoms with E-state index in [1.54, 1.807) is 12.1 Å². The summed E-state index contributed by atoms with van der Waals surface area (Å²) in [5.74, 6) is -0.473. The Kier molecular flexibility index (Phi) is 6.00. The molecule has 0 saturated carbocycles. The molecule has 122 valence electrons. The van der Waals surface area contributed by atoms with E-state index in [-0.39, 0.29) is 5.57 Å². The number of rotatable bonds is 5. The molecule has 2 rings (SSSR count). The number of hydrogen-bond donors (Lipinski definition) is 2. The molecule has 0 fully saturated rings. The molecule has 0 unspecified atom stereocenters. The molecule has 0 heterocycles. The molecule has 4 nitrogen and oxygen atoms in total. The third-order valence-electron chi connectivity index (χ3n) is 3.49. The van der Waals surface area contributed by atoms with E-state index in [4.69, 9.17) is 11.6 Å². The highest BCUT2D eigenvalue weighted by molar-refractivity contribution is 6.31. The number of aryl methyl sites for hydroxylation is 2. The van der Waals surface area contributed by atoms with E-state index in [2.05, 4.69) is 10.6 Å². The first-order valence-corrected chi connectivity index (χ1v) is 7.84. The average Bonchev–Trinajstić information content (AvgIpc) is 2.56. The topological polar surface area (TPSA) is 64.9 Å². The fourth-order valence-corrected chi connectivity index (χ4v) is 2.22. The van der Waals surface area contributed by atoms with Gasteiger partial charge in [0.05, 0.1) is 0 Å². The van der Waals surface area contributed by atoms with Gasteiger partial charge in [0, 0.05) is 23.5 Å². The Balaban J connectivity index is 2.01. The largest absolute Gasteiger partial charge is 0.386 e. The van der Waals surface area contributed by atoms with Gasteiger partial charge in [0.25, 0.3) is 5.91 Å². The fourth-order valence-electron chi connectivity index (χ4n) is 2.04. The Bertz CT molecular complexity index is 804. The van der Waals surface area contributed by atoms with Crippen LogP contribution in [0.5, 0.6) is 0 Å². The summed E-state index contributed by atoms with van der Waals surface area (Å²) in [5, 5.41) is 15.4. The lowest BCUT2D eigenvalue weighted by Crippen LogP contribution is -2.17. The summed E-state index contributed by atoms with van der Waals surface area (Å²) in [6, 6.07) is 15.1. The van der Waals surface area contributed by atoms with Crippen LogP contribution in [0.3, 0.4) is 0 Å². The number of nitriles is 1. The molecule has 2 aromatic carbocycles. The highest BCUT2D eigenvalue weighted by Gasteiger charge is 2.10. The number of nitrogens with one attached hydrogen (secondary N) is 2. The SMILES string of the molecule is Cc1ccc(CN/C=C(/C#N)C(=O)Nc2cc(Cl)ccc2C)cc1. The molecule has 0 aliphatic carbocycles. The predicted molar refractivity (Wildman–Crippen MR) is 96.5 cm³/mol. The first kappa shape index (κ1) is 17.6. The number of anilines is 1. The number of halogens is 1. The minimum atomic E-state index is -0.473. The lowest BCUT2D eigenvalue weighted by molar-refractivity contribution is -0.112. The lowest BCUT2D eigenvalue weighted by Gasteiger charge is -2.08. The zero-order valence-electron chi connectivity index (χ0n) is 13.6. The number of amides is 1. The summed E-state index contributed by atoms with van der Waals surface area (Å²) in [5.41, 5.74) is 3.72. The van der Waals surface area contributed by atoms with Gasteiger partial charge in [-0.1, -0.05) is 47.5 Å². The Morgan fingerprint density at radius 3 is 2.58 bits per heavy atom. The van der Waals surface area contributed by atoms with Crippen LogP contribution in [0.15, 0.2) is 54.2 Å². The van der Waals surface area contributed by atoms with Gasteiger partial charge < -0.3 is 10.6 Å². The first-order chi connectivity index (χ1) is 11.5. The third kappa shape index (κ3) is 4.87. The third-order valence-corrected chi connectivity index (χ3v) is 3.72. The van der Waals surface area contributed by atoms with Crippen LogP contribution < -0.4 is 10.6 Å². The molecule has 0 bridgehead atoms. The Hall–Kier alpha value is -2.77. The number of carbonyl (C=O) groups excluding carboxylic acids is 1. The van der Waals surface area contributed by atoms with E-state index in [1.807, 2.05) is 50.2 Å². The van der Waals surface area contributed by atoms with Crippen molar-refractivity contribution in [3.8, 4) is 6.07 Å². The van der Waals surface area contributed by atoms with E-state index in [9.17, 15) is 10.1 Å². The molecule has 0 aliphatic rings. The highest BCUT2D eigenvalue weighted by Crippen LogP contribution is 2.20. The standard InChI is InChI=1S/C19H18ClN3O/c1-13-3-6-15(7-4-13)11-22-12-16(10-21)19(24)23-18-9-17(20)8-5-14(18)2/h3-9,12,22H,11H2,1-2H3,(H,23,24)/b16-12-. The van der Waals surface area contributed by atoms with Crippen LogP contribution in [0.1, 0.15) is 16.7 Å². The predicted octanol–water partition coefficient (Wildman–Crippen LogP) is 4.09. The minimum Gasteiger partial charge on any atom is -0.386 e. The second kappa shape index (κ2) is 8.19. The molecule has 0 spiro atoms. The average molecular weight is 340 g/mol. The van der Waals surface area contributed by atoms with Crippen molar-refractivity contribution in [2.24, 2.45) is 0 Å². The van der Waals surface area contributed by atoms with Gasteiger partial charge in [-0.15, -0.1) is 0 Å². The van der Waals surface area contributed by atoms with Crippen molar-refractivity contribution >= 4 is 23.2 Å². The van der Waals surface area contributed by atoms with Crippen LogP contribution in [0.2, 0.25) is 5.02 Å². The molecule has 0 atom stereocenters. The Labute approximate surface area is 146 Å². The van der Waals surface area contributed by atoms with Gasteiger partial charge in [-0.25, -0.2) is 0 Å². The van der Waals surface area contributed by atoms with Gasteiger partial charge in [-0.05, 0) is 37.1 Å². The summed E-state index contributed by atoms with van der Waals surface area (Å²) in [6.07, 6.45) is 1.43. The van der Waals surface area contributed by atoms with E-state index < -0.39 is 5.91 Å². The molecule has 2 aromatic rings. The summed E-state index contributed by atoms with van der Waals surface area (Å²) in [7, 11) is 0. The molecule has 0 saturated heterocycles. The summed E-state index contributed by atoms with van der Waals surface area (Å²) in [4.78, 5) is 12.2. The molecule has 2 N–H and O–H groups in total. The minimum absolute atomic E-state index is 0.00138. The van der Waals surface area contributed by atoms with Gasteiger partial charge >= 0.3 is 0 Å².